The van der Waals surface area contributed by atoms with Gasteiger partial charge in [-0.3, -0.25) is 0 Å². The largest absolute Gasteiger partial charge is 0.338 e. The molecule has 2 aromatic heterocycles. The van der Waals surface area contributed by atoms with E-state index < -0.39 is 10.0 Å². The van der Waals surface area contributed by atoms with Crippen molar-refractivity contribution in [2.75, 3.05) is 7.05 Å². The van der Waals surface area contributed by atoms with Gasteiger partial charge in [-0.2, -0.15) is 4.98 Å². The highest BCUT2D eigenvalue weighted by Crippen LogP contribution is 2.25. The number of nitrogens with zero attached hydrogens (tertiary/aromatic N) is 2. The molecule has 0 saturated carbocycles. The Labute approximate surface area is 131 Å². The Balaban J connectivity index is 1.97. The fraction of sp³-hybridized carbons (Fsp3) is 0.455. The van der Waals surface area contributed by atoms with Gasteiger partial charge in [0.25, 0.3) is 10.0 Å². The van der Waals surface area contributed by atoms with Crippen LogP contribution in [0.4, 0.5) is 0 Å². The standard InChI is InChI=1S/C11H15ClN4O3S2/c1-7(13-2)5-9-15-10(19-16-9)6-14-21(17,18)11-4-3-8(12)20-11/h3-4,7,13-14H,5-6H2,1-2H3. The first-order valence-corrected chi connectivity index (χ1v) is 8.82. The number of aromatic nitrogens is 2. The zero-order valence-electron chi connectivity index (χ0n) is 11.5. The van der Waals surface area contributed by atoms with Crippen LogP contribution in [0.25, 0.3) is 0 Å². The number of hydrogen-bond donors (Lipinski definition) is 2. The van der Waals surface area contributed by atoms with E-state index in [0.29, 0.717) is 16.6 Å². The molecule has 21 heavy (non-hydrogen) atoms. The maximum Gasteiger partial charge on any atom is 0.250 e. The van der Waals surface area contributed by atoms with Crippen LogP contribution in [0.15, 0.2) is 20.9 Å². The predicted molar refractivity (Wildman–Crippen MR) is 79.9 cm³/mol. The number of halogens is 1. The molecule has 0 bridgehead atoms. The van der Waals surface area contributed by atoms with Crippen LogP contribution in [0.1, 0.15) is 18.6 Å². The molecule has 2 aromatic rings. The minimum absolute atomic E-state index is 0.0568. The van der Waals surface area contributed by atoms with Crippen molar-refractivity contribution < 1.29 is 12.9 Å². The Bertz CT molecular complexity index is 698. The summed E-state index contributed by atoms with van der Waals surface area (Å²) in [7, 11) is -1.77. The van der Waals surface area contributed by atoms with Crippen LogP contribution in [0.2, 0.25) is 4.34 Å². The van der Waals surface area contributed by atoms with Crippen LogP contribution in [0.3, 0.4) is 0 Å². The number of rotatable bonds is 7. The minimum Gasteiger partial charge on any atom is -0.338 e. The summed E-state index contributed by atoms with van der Waals surface area (Å²) in [5.41, 5.74) is 0. The topological polar surface area (TPSA) is 97.1 Å². The third kappa shape index (κ3) is 4.48. The second kappa shape index (κ2) is 6.84. The maximum atomic E-state index is 12.0. The zero-order valence-corrected chi connectivity index (χ0v) is 13.8. The van der Waals surface area contributed by atoms with E-state index in [4.69, 9.17) is 16.1 Å². The molecule has 2 heterocycles. The van der Waals surface area contributed by atoms with Crippen molar-refractivity contribution in [1.82, 2.24) is 20.2 Å². The lowest BCUT2D eigenvalue weighted by Crippen LogP contribution is -2.24. The molecule has 7 nitrogen and oxygen atoms in total. The normalized spacial score (nSPS) is 13.5. The molecule has 10 heteroatoms. The van der Waals surface area contributed by atoms with Crippen molar-refractivity contribution in [1.29, 1.82) is 0 Å². The van der Waals surface area contributed by atoms with Crippen LogP contribution < -0.4 is 10.0 Å². The molecule has 116 valence electrons. The molecule has 0 aliphatic rings. The summed E-state index contributed by atoms with van der Waals surface area (Å²) in [6.45, 7) is 1.93. The van der Waals surface area contributed by atoms with E-state index in [1.54, 1.807) is 0 Å². The van der Waals surface area contributed by atoms with Gasteiger partial charge in [0.2, 0.25) is 5.89 Å². The first kappa shape index (κ1) is 16.4. The lowest BCUT2D eigenvalue weighted by molar-refractivity contribution is 0.368. The van der Waals surface area contributed by atoms with Crippen LogP contribution in [0, 0.1) is 0 Å². The fourth-order valence-electron chi connectivity index (χ4n) is 1.49. The molecule has 1 atom stereocenters. The Hall–Kier alpha value is -1.00. The fourth-order valence-corrected chi connectivity index (χ4v) is 3.99. The predicted octanol–water partition coefficient (Wildman–Crippen LogP) is 1.41. The monoisotopic (exact) mass is 350 g/mol. The van der Waals surface area contributed by atoms with Gasteiger partial charge in [-0.15, -0.1) is 11.3 Å². The van der Waals surface area contributed by atoms with Gasteiger partial charge >= 0.3 is 0 Å². The molecule has 0 aliphatic carbocycles. The average molecular weight is 351 g/mol. The van der Waals surface area contributed by atoms with E-state index in [1.165, 1.54) is 12.1 Å². The van der Waals surface area contributed by atoms with E-state index in [-0.39, 0.29) is 22.7 Å². The number of likely N-dealkylation sites (N-methyl/N-ethyl adjacent to an activating group) is 1. The average Bonchev–Trinajstić information content (AvgIpc) is 3.06. The van der Waals surface area contributed by atoms with Gasteiger partial charge in [-0.1, -0.05) is 16.8 Å². The zero-order chi connectivity index (χ0) is 15.5. The number of nitrogens with one attached hydrogen (secondary N) is 2. The Morgan fingerprint density at radius 1 is 1.48 bits per heavy atom. The maximum absolute atomic E-state index is 12.0. The quantitative estimate of drug-likeness (QED) is 0.783. The summed E-state index contributed by atoms with van der Waals surface area (Å²) < 4.78 is 31.9. The van der Waals surface area contributed by atoms with Crippen molar-refractivity contribution >= 4 is 33.0 Å². The molecule has 0 amide bonds. The molecule has 1 unspecified atom stereocenters. The molecular weight excluding hydrogens is 336 g/mol. The molecule has 0 fully saturated rings. The molecule has 0 aliphatic heterocycles. The summed E-state index contributed by atoms with van der Waals surface area (Å²) in [4.78, 5) is 4.13. The van der Waals surface area contributed by atoms with Crippen LogP contribution in [-0.2, 0) is 23.0 Å². The van der Waals surface area contributed by atoms with Crippen LogP contribution in [0.5, 0.6) is 0 Å². The van der Waals surface area contributed by atoms with Gasteiger partial charge in [-0.05, 0) is 26.1 Å². The first-order valence-electron chi connectivity index (χ1n) is 6.14. The van der Waals surface area contributed by atoms with Crippen molar-refractivity contribution in [2.24, 2.45) is 0 Å². The van der Waals surface area contributed by atoms with Gasteiger partial charge in [0, 0.05) is 12.5 Å². The second-order valence-corrected chi connectivity index (χ2v) is 8.09. The van der Waals surface area contributed by atoms with Gasteiger partial charge in [0.1, 0.15) is 4.21 Å². The molecule has 2 N–H and O–H groups in total. The SMILES string of the molecule is CNC(C)Cc1noc(CNS(=O)(=O)c2ccc(Cl)s2)n1. The van der Waals surface area contributed by atoms with E-state index in [9.17, 15) is 8.42 Å². The molecule has 0 saturated heterocycles. The van der Waals surface area contributed by atoms with Crippen molar-refractivity contribution in [3.63, 3.8) is 0 Å². The van der Waals surface area contributed by atoms with Crippen molar-refractivity contribution in [3.05, 3.63) is 28.2 Å². The van der Waals surface area contributed by atoms with E-state index in [2.05, 4.69) is 20.2 Å². The molecule has 0 spiro atoms. The third-order valence-electron chi connectivity index (χ3n) is 2.72. The summed E-state index contributed by atoms with van der Waals surface area (Å²) in [6, 6.07) is 3.19. The molecular formula is C11H15ClN4O3S2. The van der Waals surface area contributed by atoms with Crippen LogP contribution >= 0.6 is 22.9 Å². The van der Waals surface area contributed by atoms with Gasteiger partial charge in [0.15, 0.2) is 5.82 Å². The van der Waals surface area contributed by atoms with Gasteiger partial charge in [-0.25, -0.2) is 13.1 Å². The molecule has 0 aromatic carbocycles. The van der Waals surface area contributed by atoms with Gasteiger partial charge in [0.05, 0.1) is 10.9 Å². The highest BCUT2D eigenvalue weighted by molar-refractivity contribution is 7.91. The number of sulfonamides is 1. The second-order valence-electron chi connectivity index (χ2n) is 4.38. The number of hydrogen-bond acceptors (Lipinski definition) is 7. The van der Waals surface area contributed by atoms with Crippen molar-refractivity contribution in [3.8, 4) is 0 Å². The summed E-state index contributed by atoms with van der Waals surface area (Å²) >= 11 is 6.72. The third-order valence-corrected chi connectivity index (χ3v) is 5.84. The first-order chi connectivity index (χ1) is 9.90. The summed E-state index contributed by atoms with van der Waals surface area (Å²) in [5, 5.41) is 6.86. The lowest BCUT2D eigenvalue weighted by atomic mass is 10.2. The summed E-state index contributed by atoms with van der Waals surface area (Å²) in [6.07, 6.45) is 0.604. The molecule has 2 rings (SSSR count). The minimum atomic E-state index is -3.61. The van der Waals surface area contributed by atoms with E-state index in [1.807, 2.05) is 14.0 Å². The number of thiophene rings is 1. The van der Waals surface area contributed by atoms with Gasteiger partial charge < -0.3 is 9.84 Å². The lowest BCUT2D eigenvalue weighted by Gasteiger charge is -2.04. The smallest absolute Gasteiger partial charge is 0.250 e. The van der Waals surface area contributed by atoms with E-state index in [0.717, 1.165) is 11.3 Å². The highest BCUT2D eigenvalue weighted by Gasteiger charge is 2.18. The highest BCUT2D eigenvalue weighted by atomic mass is 35.5. The van der Waals surface area contributed by atoms with Crippen LogP contribution in [-0.4, -0.2) is 31.6 Å². The Morgan fingerprint density at radius 2 is 2.24 bits per heavy atom. The Morgan fingerprint density at radius 3 is 2.86 bits per heavy atom. The van der Waals surface area contributed by atoms with E-state index >= 15 is 0 Å². The van der Waals surface area contributed by atoms with Crippen molar-refractivity contribution in [2.45, 2.75) is 30.1 Å². The Kier molecular flexibility index (Phi) is 5.33. The summed E-state index contributed by atoms with van der Waals surface area (Å²) in [5.74, 6) is 0.754. The molecule has 0 radical (unpaired) electrons.